The lowest BCUT2D eigenvalue weighted by Gasteiger charge is -2.16. The van der Waals surface area contributed by atoms with Crippen LogP contribution in [-0.2, 0) is 6.42 Å². The lowest BCUT2D eigenvalue weighted by molar-refractivity contribution is 0.151. The van der Waals surface area contributed by atoms with Crippen molar-refractivity contribution in [3.05, 3.63) is 34.0 Å². The molecule has 108 valence electrons. The molecule has 1 aliphatic heterocycles. The molecule has 6 heteroatoms. The van der Waals surface area contributed by atoms with Crippen LogP contribution in [0.2, 0.25) is 0 Å². The van der Waals surface area contributed by atoms with Crippen molar-refractivity contribution in [2.24, 2.45) is 5.92 Å². The van der Waals surface area contributed by atoms with E-state index in [1.807, 2.05) is 0 Å². The summed E-state index contributed by atoms with van der Waals surface area (Å²) in [5.74, 6) is 1.34. The Kier molecular flexibility index (Phi) is 3.96. The lowest BCUT2D eigenvalue weighted by Crippen LogP contribution is -2.24. The first kappa shape index (κ1) is 13.9. The van der Waals surface area contributed by atoms with Crippen LogP contribution in [0.25, 0.3) is 5.57 Å². The van der Waals surface area contributed by atoms with Gasteiger partial charge < -0.3 is 10.1 Å². The summed E-state index contributed by atoms with van der Waals surface area (Å²) in [5.41, 5.74) is 2.67. The number of aromatic nitrogens is 2. The normalized spacial score (nSPS) is 25.8. The van der Waals surface area contributed by atoms with Gasteiger partial charge >= 0.3 is 0 Å². The van der Waals surface area contributed by atoms with Gasteiger partial charge in [-0.05, 0) is 24.0 Å². The molecular weight excluding hydrogens is 274 g/mol. The smallest absolute Gasteiger partial charge is 0.254 e. The van der Waals surface area contributed by atoms with E-state index in [-0.39, 0.29) is 11.7 Å². The zero-order valence-corrected chi connectivity index (χ0v) is 12.3. The van der Waals surface area contributed by atoms with E-state index in [0.29, 0.717) is 18.9 Å². The van der Waals surface area contributed by atoms with Crippen LogP contribution in [0.4, 0.5) is 0 Å². The predicted molar refractivity (Wildman–Crippen MR) is 80.9 cm³/mol. The van der Waals surface area contributed by atoms with Crippen LogP contribution in [0.1, 0.15) is 11.3 Å². The molecule has 0 aromatic carbocycles. The molecule has 0 amide bonds. The van der Waals surface area contributed by atoms with Crippen LogP contribution >= 0.6 is 11.8 Å². The van der Waals surface area contributed by atoms with Gasteiger partial charge in [0.1, 0.15) is 0 Å². The van der Waals surface area contributed by atoms with E-state index in [9.17, 15) is 9.90 Å². The molecule has 1 fully saturated rings. The summed E-state index contributed by atoms with van der Waals surface area (Å²) in [6.07, 6.45) is 6.05. The number of H-pyrrole nitrogens is 1. The molecule has 2 heterocycles. The number of aromatic amines is 1. The van der Waals surface area contributed by atoms with Crippen molar-refractivity contribution < 1.29 is 5.11 Å². The second kappa shape index (κ2) is 5.71. The Morgan fingerprint density at radius 2 is 2.40 bits per heavy atom. The minimum Gasteiger partial charge on any atom is -0.391 e. The number of allylic oxidation sites excluding steroid dienone is 1. The van der Waals surface area contributed by atoms with Crippen LogP contribution in [0.15, 0.2) is 17.2 Å². The number of thioether (sulfide) groups is 1. The predicted octanol–water partition coefficient (Wildman–Crippen LogP) is 0.365. The van der Waals surface area contributed by atoms with E-state index in [0.717, 1.165) is 35.7 Å². The third-order valence-electron chi connectivity index (χ3n) is 4.06. The van der Waals surface area contributed by atoms with Gasteiger partial charge in [0.05, 0.1) is 18.1 Å². The van der Waals surface area contributed by atoms with Crippen molar-refractivity contribution in [1.82, 2.24) is 14.9 Å². The van der Waals surface area contributed by atoms with Gasteiger partial charge in [0.15, 0.2) is 0 Å². The minimum absolute atomic E-state index is 0.0389. The van der Waals surface area contributed by atoms with Gasteiger partial charge in [0, 0.05) is 31.1 Å². The summed E-state index contributed by atoms with van der Waals surface area (Å²) in [6.45, 7) is 2.39. The number of likely N-dealkylation sites (tertiary alicyclic amines) is 1. The molecule has 1 aliphatic carbocycles. The van der Waals surface area contributed by atoms with Crippen molar-refractivity contribution in [3.8, 4) is 0 Å². The molecule has 2 N–H and O–H groups in total. The second-order valence-corrected chi connectivity index (χ2v) is 6.38. The van der Waals surface area contributed by atoms with Crippen molar-refractivity contribution in [3.63, 3.8) is 0 Å². The van der Waals surface area contributed by atoms with E-state index in [4.69, 9.17) is 0 Å². The molecule has 1 aromatic rings. The summed E-state index contributed by atoms with van der Waals surface area (Å²) in [5, 5.41) is 10.1. The first-order valence-corrected chi connectivity index (χ1v) is 8.23. The fraction of sp³-hybridized carbons (Fsp3) is 0.571. The highest BCUT2D eigenvalue weighted by Gasteiger charge is 2.32. The highest BCUT2D eigenvalue weighted by Crippen LogP contribution is 2.27. The number of β-amino-alcohol motifs (C(OH)–C–C–N with tert-alkyl or cyclic N) is 1. The first-order valence-electron chi connectivity index (χ1n) is 6.84. The molecule has 20 heavy (non-hydrogen) atoms. The molecule has 1 aromatic heterocycles. The number of hydrogen-bond donors (Lipinski definition) is 2. The molecule has 3 rings (SSSR count). The topological polar surface area (TPSA) is 69.2 Å². The molecule has 0 radical (unpaired) electrons. The third-order valence-corrected chi connectivity index (χ3v) is 4.82. The molecule has 1 saturated heterocycles. The fourth-order valence-corrected chi connectivity index (χ4v) is 3.80. The van der Waals surface area contributed by atoms with Crippen molar-refractivity contribution in [2.75, 3.05) is 31.6 Å². The fourth-order valence-electron chi connectivity index (χ4n) is 3.04. The van der Waals surface area contributed by atoms with E-state index in [1.54, 1.807) is 11.8 Å². The van der Waals surface area contributed by atoms with Crippen molar-refractivity contribution in [2.45, 2.75) is 12.5 Å². The molecule has 2 atom stereocenters. The van der Waals surface area contributed by atoms with Gasteiger partial charge in [-0.3, -0.25) is 9.69 Å². The highest BCUT2D eigenvalue weighted by atomic mass is 32.2. The standard InChI is InChI=1S/C14H19N3O2S/c1-20-7-10-5-17(6-12(10)18)4-9-2-3-11-13(9)15-8-16-14(11)19/h2,8,10,12,18H,3-7H2,1H3,(H,15,16,19)/t10-,12+/m1/s1. The summed E-state index contributed by atoms with van der Waals surface area (Å²) < 4.78 is 0. The number of rotatable bonds is 4. The van der Waals surface area contributed by atoms with Gasteiger partial charge in [-0.2, -0.15) is 11.8 Å². The van der Waals surface area contributed by atoms with E-state index in [2.05, 4.69) is 27.2 Å². The maximum atomic E-state index is 11.7. The first-order chi connectivity index (χ1) is 9.69. The average Bonchev–Trinajstić information content (AvgIpc) is 2.97. The highest BCUT2D eigenvalue weighted by molar-refractivity contribution is 7.98. The van der Waals surface area contributed by atoms with Crippen LogP contribution in [0.5, 0.6) is 0 Å². The largest absolute Gasteiger partial charge is 0.391 e. The van der Waals surface area contributed by atoms with Gasteiger partial charge in [-0.1, -0.05) is 6.08 Å². The quantitative estimate of drug-likeness (QED) is 0.839. The summed E-state index contributed by atoms with van der Waals surface area (Å²) >= 11 is 1.78. The van der Waals surface area contributed by atoms with Gasteiger partial charge in [-0.25, -0.2) is 4.98 Å². The zero-order valence-electron chi connectivity index (χ0n) is 11.5. The molecule has 0 unspecified atom stereocenters. The maximum absolute atomic E-state index is 11.7. The monoisotopic (exact) mass is 293 g/mol. The summed E-state index contributed by atoms with van der Waals surface area (Å²) in [6, 6.07) is 0. The Morgan fingerprint density at radius 3 is 3.20 bits per heavy atom. The van der Waals surface area contributed by atoms with E-state index in [1.165, 1.54) is 6.33 Å². The van der Waals surface area contributed by atoms with Gasteiger partial charge in [0.2, 0.25) is 0 Å². The Bertz CT molecular complexity index is 584. The van der Waals surface area contributed by atoms with Crippen LogP contribution in [-0.4, -0.2) is 57.7 Å². The number of fused-ring (bicyclic) bond motifs is 1. The number of nitrogens with one attached hydrogen (secondary N) is 1. The summed E-state index contributed by atoms with van der Waals surface area (Å²) in [4.78, 5) is 20.9. The Balaban J connectivity index is 1.70. The molecule has 0 spiro atoms. The van der Waals surface area contributed by atoms with Crippen LogP contribution < -0.4 is 5.56 Å². The van der Waals surface area contributed by atoms with Crippen molar-refractivity contribution >= 4 is 17.3 Å². The minimum atomic E-state index is -0.240. The number of hydrogen-bond acceptors (Lipinski definition) is 5. The van der Waals surface area contributed by atoms with Crippen LogP contribution in [0, 0.1) is 5.92 Å². The molecule has 0 saturated carbocycles. The molecule has 5 nitrogen and oxygen atoms in total. The molecule has 0 bridgehead atoms. The molecular formula is C14H19N3O2S. The van der Waals surface area contributed by atoms with E-state index >= 15 is 0 Å². The number of nitrogens with zero attached hydrogens (tertiary/aromatic N) is 2. The average molecular weight is 293 g/mol. The lowest BCUT2D eigenvalue weighted by atomic mass is 10.1. The van der Waals surface area contributed by atoms with Gasteiger partial charge in [-0.15, -0.1) is 0 Å². The second-order valence-electron chi connectivity index (χ2n) is 5.47. The molecule has 2 aliphatic rings. The number of aliphatic hydroxyl groups excluding tert-OH is 1. The van der Waals surface area contributed by atoms with Crippen molar-refractivity contribution in [1.29, 1.82) is 0 Å². The summed E-state index contributed by atoms with van der Waals surface area (Å²) in [7, 11) is 0. The Hall–Kier alpha value is -1.11. The number of aliphatic hydroxyl groups is 1. The third kappa shape index (κ3) is 2.55. The zero-order chi connectivity index (χ0) is 14.1. The van der Waals surface area contributed by atoms with Gasteiger partial charge in [0.25, 0.3) is 5.56 Å². The van der Waals surface area contributed by atoms with Crippen LogP contribution in [0.3, 0.4) is 0 Å². The maximum Gasteiger partial charge on any atom is 0.254 e. The SMILES string of the molecule is CSC[C@H]1CN(CC2=CCc3c2nc[nH]c3=O)C[C@@H]1O. The Morgan fingerprint density at radius 1 is 1.55 bits per heavy atom. The van der Waals surface area contributed by atoms with E-state index < -0.39 is 0 Å². The Labute approximate surface area is 122 Å².